The van der Waals surface area contributed by atoms with E-state index in [9.17, 15) is 4.79 Å². The summed E-state index contributed by atoms with van der Waals surface area (Å²) in [7, 11) is 0. The van der Waals surface area contributed by atoms with Crippen molar-refractivity contribution in [2.45, 2.75) is 19.4 Å². The summed E-state index contributed by atoms with van der Waals surface area (Å²) in [6, 6.07) is 15.4. The quantitative estimate of drug-likeness (QED) is 0.885. The van der Waals surface area contributed by atoms with Crippen molar-refractivity contribution in [1.29, 1.82) is 0 Å². The molecule has 2 aromatic carbocycles. The number of aromatic carboxylic acids is 1. The molecule has 4 nitrogen and oxygen atoms in total. The van der Waals surface area contributed by atoms with E-state index in [4.69, 9.17) is 5.11 Å². The van der Waals surface area contributed by atoms with Crippen LogP contribution in [0, 0.1) is 0 Å². The maximum atomic E-state index is 11.0. The van der Waals surface area contributed by atoms with Crippen molar-refractivity contribution in [2.24, 2.45) is 0 Å². The van der Waals surface area contributed by atoms with E-state index in [1.165, 1.54) is 18.5 Å². The molecule has 0 spiro atoms. The Morgan fingerprint density at radius 1 is 1.09 bits per heavy atom. The number of rotatable bonds is 5. The summed E-state index contributed by atoms with van der Waals surface area (Å²) in [4.78, 5) is 13.4. The van der Waals surface area contributed by atoms with Gasteiger partial charge in [0.05, 0.1) is 16.9 Å². The first-order chi connectivity index (χ1) is 10.7. The van der Waals surface area contributed by atoms with Gasteiger partial charge >= 0.3 is 5.97 Å². The lowest BCUT2D eigenvalue weighted by Crippen LogP contribution is -2.19. The van der Waals surface area contributed by atoms with Crippen LogP contribution >= 0.6 is 0 Å². The topological polar surface area (TPSA) is 52.6 Å². The first kappa shape index (κ1) is 14.4. The molecule has 114 valence electrons. The van der Waals surface area contributed by atoms with Gasteiger partial charge in [-0.15, -0.1) is 0 Å². The predicted octanol–water partition coefficient (Wildman–Crippen LogP) is 3.60. The predicted molar refractivity (Wildman–Crippen MR) is 88.6 cm³/mol. The maximum absolute atomic E-state index is 11.0. The van der Waals surface area contributed by atoms with Gasteiger partial charge in [-0.05, 0) is 42.7 Å². The Morgan fingerprint density at radius 3 is 2.64 bits per heavy atom. The average Bonchev–Trinajstić information content (AvgIpc) is 3.08. The first-order valence-corrected chi connectivity index (χ1v) is 7.64. The van der Waals surface area contributed by atoms with Gasteiger partial charge in [0.1, 0.15) is 0 Å². The molecule has 0 aromatic heterocycles. The van der Waals surface area contributed by atoms with Crippen molar-refractivity contribution in [3.63, 3.8) is 0 Å². The van der Waals surface area contributed by atoms with E-state index in [1.54, 1.807) is 18.2 Å². The molecule has 0 saturated carbocycles. The van der Waals surface area contributed by atoms with Crippen LogP contribution in [-0.4, -0.2) is 24.2 Å². The third kappa shape index (κ3) is 3.22. The summed E-state index contributed by atoms with van der Waals surface area (Å²) >= 11 is 0. The highest BCUT2D eigenvalue weighted by molar-refractivity contribution is 5.87. The van der Waals surface area contributed by atoms with E-state index in [1.807, 2.05) is 12.1 Å². The van der Waals surface area contributed by atoms with Gasteiger partial charge in [0.15, 0.2) is 0 Å². The molecule has 1 saturated heterocycles. The van der Waals surface area contributed by atoms with E-state index in [0.717, 1.165) is 24.3 Å². The van der Waals surface area contributed by atoms with Gasteiger partial charge in [0, 0.05) is 19.6 Å². The van der Waals surface area contributed by atoms with Gasteiger partial charge in [-0.2, -0.15) is 0 Å². The molecule has 3 rings (SSSR count). The minimum atomic E-state index is -0.890. The normalized spacial score (nSPS) is 14.1. The van der Waals surface area contributed by atoms with Gasteiger partial charge in [-0.25, -0.2) is 4.79 Å². The fourth-order valence-corrected chi connectivity index (χ4v) is 2.87. The summed E-state index contributed by atoms with van der Waals surface area (Å²) < 4.78 is 0. The molecule has 1 aliphatic rings. The van der Waals surface area contributed by atoms with Crippen LogP contribution in [0.1, 0.15) is 28.8 Å². The van der Waals surface area contributed by atoms with Crippen molar-refractivity contribution >= 4 is 17.3 Å². The molecule has 2 N–H and O–H groups in total. The SMILES string of the molecule is O=C(O)c1cccc(CNc2ccccc2N2CCCC2)c1. The third-order valence-electron chi connectivity index (χ3n) is 4.01. The van der Waals surface area contributed by atoms with Crippen molar-refractivity contribution in [3.05, 3.63) is 59.7 Å². The monoisotopic (exact) mass is 296 g/mol. The van der Waals surface area contributed by atoms with Crippen LogP contribution in [0.3, 0.4) is 0 Å². The minimum absolute atomic E-state index is 0.326. The van der Waals surface area contributed by atoms with Crippen molar-refractivity contribution in [2.75, 3.05) is 23.3 Å². The Bertz CT molecular complexity index is 664. The maximum Gasteiger partial charge on any atom is 0.335 e. The number of carboxylic acid groups (broad SMARTS) is 1. The molecule has 4 heteroatoms. The number of nitrogens with zero attached hydrogens (tertiary/aromatic N) is 1. The highest BCUT2D eigenvalue weighted by atomic mass is 16.4. The van der Waals surface area contributed by atoms with E-state index < -0.39 is 5.97 Å². The third-order valence-corrected chi connectivity index (χ3v) is 4.01. The van der Waals surface area contributed by atoms with Gasteiger partial charge in [0.2, 0.25) is 0 Å². The van der Waals surface area contributed by atoms with Crippen LogP contribution in [0.15, 0.2) is 48.5 Å². The average molecular weight is 296 g/mol. The summed E-state index contributed by atoms with van der Waals surface area (Å²) in [5.74, 6) is -0.890. The van der Waals surface area contributed by atoms with Crippen LogP contribution in [0.4, 0.5) is 11.4 Å². The lowest BCUT2D eigenvalue weighted by atomic mass is 10.1. The number of carbonyl (C=O) groups is 1. The lowest BCUT2D eigenvalue weighted by molar-refractivity contribution is 0.0697. The number of para-hydroxylation sites is 2. The van der Waals surface area contributed by atoms with E-state index in [2.05, 4.69) is 28.4 Å². The molecular weight excluding hydrogens is 276 g/mol. The number of nitrogens with one attached hydrogen (secondary N) is 1. The Labute approximate surface area is 130 Å². The van der Waals surface area contributed by atoms with Crippen molar-refractivity contribution in [3.8, 4) is 0 Å². The van der Waals surface area contributed by atoms with Gasteiger partial charge in [0.25, 0.3) is 0 Å². The second-order valence-corrected chi connectivity index (χ2v) is 5.57. The van der Waals surface area contributed by atoms with Crippen molar-refractivity contribution in [1.82, 2.24) is 0 Å². The first-order valence-electron chi connectivity index (χ1n) is 7.64. The lowest BCUT2D eigenvalue weighted by Gasteiger charge is -2.22. The smallest absolute Gasteiger partial charge is 0.335 e. The largest absolute Gasteiger partial charge is 0.478 e. The van der Waals surface area contributed by atoms with Gasteiger partial charge in [-0.3, -0.25) is 0 Å². The molecule has 0 unspecified atom stereocenters. The number of anilines is 2. The second-order valence-electron chi connectivity index (χ2n) is 5.57. The molecule has 2 aromatic rings. The van der Waals surface area contributed by atoms with E-state index >= 15 is 0 Å². The fraction of sp³-hybridized carbons (Fsp3) is 0.278. The molecule has 1 heterocycles. The second kappa shape index (κ2) is 6.52. The Morgan fingerprint density at radius 2 is 1.86 bits per heavy atom. The summed E-state index contributed by atoms with van der Waals surface area (Å²) in [5.41, 5.74) is 3.63. The zero-order chi connectivity index (χ0) is 15.4. The summed E-state index contributed by atoms with van der Waals surface area (Å²) in [6.45, 7) is 2.83. The molecule has 0 aliphatic carbocycles. The number of hydrogen-bond acceptors (Lipinski definition) is 3. The molecule has 0 radical (unpaired) electrons. The highest BCUT2D eigenvalue weighted by Crippen LogP contribution is 2.28. The van der Waals surface area contributed by atoms with Crippen LogP contribution in [0.2, 0.25) is 0 Å². The van der Waals surface area contributed by atoms with E-state index in [-0.39, 0.29) is 0 Å². The Kier molecular flexibility index (Phi) is 4.28. The van der Waals surface area contributed by atoms with E-state index in [0.29, 0.717) is 12.1 Å². The van der Waals surface area contributed by atoms with Crippen LogP contribution in [-0.2, 0) is 6.54 Å². The molecular formula is C18H20N2O2. The van der Waals surface area contributed by atoms with Crippen LogP contribution in [0.25, 0.3) is 0 Å². The molecule has 1 aliphatic heterocycles. The fourth-order valence-electron chi connectivity index (χ4n) is 2.87. The van der Waals surface area contributed by atoms with Crippen LogP contribution in [0.5, 0.6) is 0 Å². The number of carboxylic acids is 1. The minimum Gasteiger partial charge on any atom is -0.478 e. The molecule has 22 heavy (non-hydrogen) atoms. The summed E-state index contributed by atoms with van der Waals surface area (Å²) in [5, 5.41) is 12.5. The van der Waals surface area contributed by atoms with Gasteiger partial charge < -0.3 is 15.3 Å². The molecule has 0 bridgehead atoms. The Balaban J connectivity index is 1.74. The Hall–Kier alpha value is -2.49. The number of hydrogen-bond donors (Lipinski definition) is 2. The molecule has 0 amide bonds. The number of benzene rings is 2. The zero-order valence-electron chi connectivity index (χ0n) is 12.5. The van der Waals surface area contributed by atoms with Gasteiger partial charge in [-0.1, -0.05) is 24.3 Å². The van der Waals surface area contributed by atoms with Crippen LogP contribution < -0.4 is 10.2 Å². The zero-order valence-corrected chi connectivity index (χ0v) is 12.5. The molecule has 0 atom stereocenters. The molecule has 1 fully saturated rings. The van der Waals surface area contributed by atoms with Crippen molar-refractivity contribution < 1.29 is 9.90 Å². The highest BCUT2D eigenvalue weighted by Gasteiger charge is 2.15. The standard InChI is InChI=1S/C18H20N2O2/c21-18(22)15-7-5-6-14(12-15)13-19-16-8-1-2-9-17(16)20-10-3-4-11-20/h1-2,5-9,12,19H,3-4,10-11,13H2,(H,21,22). The summed E-state index contributed by atoms with van der Waals surface area (Å²) in [6.07, 6.45) is 2.49.